The summed E-state index contributed by atoms with van der Waals surface area (Å²) in [5, 5.41) is 3.50. The molecule has 150 valence electrons. The first kappa shape index (κ1) is 20.8. The van der Waals surface area contributed by atoms with Crippen molar-refractivity contribution in [3.05, 3.63) is 64.2 Å². The Labute approximate surface area is 171 Å². The van der Waals surface area contributed by atoms with Gasteiger partial charge in [-0.25, -0.2) is 8.42 Å². The first-order valence-corrected chi connectivity index (χ1v) is 11.3. The van der Waals surface area contributed by atoms with Crippen molar-refractivity contribution in [3.8, 4) is 0 Å². The maximum atomic E-state index is 12.9. The molecule has 3 rings (SSSR count). The Morgan fingerprint density at radius 1 is 1.11 bits per heavy atom. The van der Waals surface area contributed by atoms with Crippen LogP contribution in [0, 0.1) is 6.92 Å². The van der Waals surface area contributed by atoms with Crippen LogP contribution in [0.4, 0.5) is 0 Å². The fourth-order valence-electron chi connectivity index (χ4n) is 3.44. The molecule has 1 atom stereocenters. The highest BCUT2D eigenvalue weighted by atomic mass is 35.5. The lowest BCUT2D eigenvalue weighted by atomic mass is 10.1. The number of rotatable bonds is 5. The smallest absolute Gasteiger partial charge is 0.252 e. The van der Waals surface area contributed by atoms with E-state index in [1.165, 1.54) is 10.4 Å². The summed E-state index contributed by atoms with van der Waals surface area (Å²) in [5.74, 6) is -0.319. The van der Waals surface area contributed by atoms with Gasteiger partial charge in [0.15, 0.2) is 0 Å². The molecule has 2 aromatic carbocycles. The lowest BCUT2D eigenvalue weighted by molar-refractivity contribution is 0.0939. The lowest BCUT2D eigenvalue weighted by Gasteiger charge is -2.26. The fraction of sp³-hybridized carbons (Fsp3) is 0.381. The normalized spacial score (nSPS) is 16.5. The van der Waals surface area contributed by atoms with Gasteiger partial charge in [-0.05, 0) is 56.0 Å². The second-order valence-electron chi connectivity index (χ2n) is 7.16. The van der Waals surface area contributed by atoms with Gasteiger partial charge < -0.3 is 5.32 Å². The summed E-state index contributed by atoms with van der Waals surface area (Å²) >= 11 is 6.21. The number of nitrogens with one attached hydrogen (secondary N) is 1. The van der Waals surface area contributed by atoms with Gasteiger partial charge in [-0.15, -0.1) is 0 Å². The Kier molecular flexibility index (Phi) is 6.43. The predicted molar refractivity (Wildman–Crippen MR) is 111 cm³/mol. The van der Waals surface area contributed by atoms with Crippen LogP contribution in [-0.4, -0.2) is 31.7 Å². The van der Waals surface area contributed by atoms with Crippen LogP contribution >= 0.6 is 11.6 Å². The molecule has 1 amide bonds. The van der Waals surface area contributed by atoms with E-state index in [0.717, 1.165) is 30.4 Å². The molecule has 1 N–H and O–H groups in total. The van der Waals surface area contributed by atoms with Crippen LogP contribution in [-0.2, 0) is 10.0 Å². The molecule has 2 aromatic rings. The average molecular weight is 421 g/mol. The zero-order valence-electron chi connectivity index (χ0n) is 16.1. The first-order valence-electron chi connectivity index (χ1n) is 9.47. The van der Waals surface area contributed by atoms with E-state index >= 15 is 0 Å². The molecule has 0 aliphatic carbocycles. The molecule has 7 heteroatoms. The van der Waals surface area contributed by atoms with Gasteiger partial charge in [0, 0.05) is 23.7 Å². The molecular weight excluding hydrogens is 396 g/mol. The van der Waals surface area contributed by atoms with Crippen LogP contribution in [0.2, 0.25) is 5.02 Å². The molecule has 5 nitrogen and oxygen atoms in total. The summed E-state index contributed by atoms with van der Waals surface area (Å²) in [6, 6.07) is 11.8. The van der Waals surface area contributed by atoms with Crippen molar-refractivity contribution < 1.29 is 13.2 Å². The van der Waals surface area contributed by atoms with Gasteiger partial charge in [0.1, 0.15) is 0 Å². The summed E-state index contributed by atoms with van der Waals surface area (Å²) in [6.45, 7) is 4.71. The average Bonchev–Trinajstić information content (AvgIpc) is 2.69. The molecule has 0 saturated carbocycles. The highest BCUT2D eigenvalue weighted by Crippen LogP contribution is 2.25. The van der Waals surface area contributed by atoms with E-state index in [0.29, 0.717) is 23.7 Å². The van der Waals surface area contributed by atoms with E-state index in [9.17, 15) is 13.2 Å². The Balaban J connectivity index is 1.85. The predicted octanol–water partition coefficient (Wildman–Crippen LogP) is 4.31. The van der Waals surface area contributed by atoms with Crippen LogP contribution in [0.25, 0.3) is 0 Å². The van der Waals surface area contributed by atoms with Crippen molar-refractivity contribution in [1.29, 1.82) is 0 Å². The molecule has 1 heterocycles. The van der Waals surface area contributed by atoms with E-state index in [-0.39, 0.29) is 16.8 Å². The molecule has 0 bridgehead atoms. The summed E-state index contributed by atoms with van der Waals surface area (Å²) in [4.78, 5) is 13.0. The standard InChI is InChI=1S/C21H25ClN2O3S/c1-15-10-11-17(28(26,27)24-12-6-3-7-13-24)14-19(15)21(25)23-16(2)18-8-4-5-9-20(18)22/h4-5,8-11,14,16H,3,6-7,12-13H2,1-2H3,(H,23,25). The third-order valence-electron chi connectivity index (χ3n) is 5.13. The zero-order chi connectivity index (χ0) is 20.3. The largest absolute Gasteiger partial charge is 0.345 e. The SMILES string of the molecule is Cc1ccc(S(=O)(=O)N2CCCCC2)cc1C(=O)NC(C)c1ccccc1Cl. The Morgan fingerprint density at radius 3 is 2.46 bits per heavy atom. The van der Waals surface area contributed by atoms with Gasteiger partial charge in [-0.2, -0.15) is 4.31 Å². The summed E-state index contributed by atoms with van der Waals surface area (Å²) in [6.07, 6.45) is 2.79. The maximum absolute atomic E-state index is 12.9. The number of piperidine rings is 1. The first-order chi connectivity index (χ1) is 13.3. The second kappa shape index (κ2) is 8.64. The number of aryl methyl sites for hydroxylation is 1. The minimum atomic E-state index is -3.59. The summed E-state index contributed by atoms with van der Waals surface area (Å²) in [5.41, 5.74) is 1.89. The number of hydrogen-bond acceptors (Lipinski definition) is 3. The maximum Gasteiger partial charge on any atom is 0.252 e. The van der Waals surface area contributed by atoms with E-state index in [4.69, 9.17) is 11.6 Å². The Bertz CT molecular complexity index is 969. The number of carbonyl (C=O) groups is 1. The van der Waals surface area contributed by atoms with E-state index in [2.05, 4.69) is 5.32 Å². The Morgan fingerprint density at radius 2 is 1.79 bits per heavy atom. The molecule has 1 aliphatic rings. The van der Waals surface area contributed by atoms with Crippen LogP contribution in [0.3, 0.4) is 0 Å². The number of benzene rings is 2. The molecule has 0 spiro atoms. The molecule has 1 aliphatic heterocycles. The molecule has 28 heavy (non-hydrogen) atoms. The van der Waals surface area contributed by atoms with Crippen molar-refractivity contribution in [2.24, 2.45) is 0 Å². The number of halogens is 1. The molecule has 1 saturated heterocycles. The summed E-state index contributed by atoms with van der Waals surface area (Å²) in [7, 11) is -3.59. The van der Waals surface area contributed by atoms with Gasteiger partial charge in [0.2, 0.25) is 10.0 Å². The molecule has 1 fully saturated rings. The molecule has 0 radical (unpaired) electrons. The zero-order valence-corrected chi connectivity index (χ0v) is 17.7. The van der Waals surface area contributed by atoms with Gasteiger partial charge in [-0.3, -0.25) is 4.79 Å². The number of sulfonamides is 1. The third kappa shape index (κ3) is 4.40. The van der Waals surface area contributed by atoms with Crippen LogP contribution in [0.5, 0.6) is 0 Å². The van der Waals surface area contributed by atoms with Crippen molar-refractivity contribution in [2.75, 3.05) is 13.1 Å². The number of amides is 1. The van der Waals surface area contributed by atoms with E-state index in [1.807, 2.05) is 25.1 Å². The van der Waals surface area contributed by atoms with Crippen molar-refractivity contribution >= 4 is 27.5 Å². The third-order valence-corrected chi connectivity index (χ3v) is 7.36. The quantitative estimate of drug-likeness (QED) is 0.783. The van der Waals surface area contributed by atoms with E-state index in [1.54, 1.807) is 25.1 Å². The van der Waals surface area contributed by atoms with E-state index < -0.39 is 10.0 Å². The van der Waals surface area contributed by atoms with Gasteiger partial charge in [0.05, 0.1) is 10.9 Å². The van der Waals surface area contributed by atoms with Crippen LogP contribution < -0.4 is 5.32 Å². The molecule has 0 aromatic heterocycles. The Hall–Kier alpha value is -1.89. The molecule has 1 unspecified atom stereocenters. The minimum Gasteiger partial charge on any atom is -0.345 e. The summed E-state index contributed by atoms with van der Waals surface area (Å²) < 4.78 is 27.4. The highest BCUT2D eigenvalue weighted by molar-refractivity contribution is 7.89. The minimum absolute atomic E-state index is 0.163. The van der Waals surface area contributed by atoms with Crippen LogP contribution in [0.1, 0.15) is 53.7 Å². The number of hydrogen-bond donors (Lipinski definition) is 1. The fourth-order valence-corrected chi connectivity index (χ4v) is 5.28. The number of carbonyl (C=O) groups excluding carboxylic acids is 1. The van der Waals surface area contributed by atoms with Crippen molar-refractivity contribution in [2.45, 2.75) is 44.0 Å². The topological polar surface area (TPSA) is 66.5 Å². The van der Waals surface area contributed by atoms with Gasteiger partial charge >= 0.3 is 0 Å². The van der Waals surface area contributed by atoms with Gasteiger partial charge in [0.25, 0.3) is 5.91 Å². The molecular formula is C21H25ClN2O3S. The van der Waals surface area contributed by atoms with Gasteiger partial charge in [-0.1, -0.05) is 42.3 Å². The lowest BCUT2D eigenvalue weighted by Crippen LogP contribution is -2.35. The van der Waals surface area contributed by atoms with Crippen LogP contribution in [0.15, 0.2) is 47.4 Å². The highest BCUT2D eigenvalue weighted by Gasteiger charge is 2.27. The van der Waals surface area contributed by atoms with Crippen molar-refractivity contribution in [3.63, 3.8) is 0 Å². The van der Waals surface area contributed by atoms with Crippen molar-refractivity contribution in [1.82, 2.24) is 9.62 Å². The monoisotopic (exact) mass is 420 g/mol. The second-order valence-corrected chi connectivity index (χ2v) is 9.50. The number of nitrogens with zero attached hydrogens (tertiary/aromatic N) is 1.